The van der Waals surface area contributed by atoms with E-state index in [1.165, 1.54) is 24.8 Å². The highest BCUT2D eigenvalue weighted by molar-refractivity contribution is 5.83. The molecule has 4 fully saturated rings. The van der Waals surface area contributed by atoms with E-state index in [1.807, 2.05) is 12.1 Å². The molecule has 4 heteroatoms. The van der Waals surface area contributed by atoms with Gasteiger partial charge in [0.05, 0.1) is 18.6 Å². The van der Waals surface area contributed by atoms with Crippen LogP contribution in [0.3, 0.4) is 0 Å². The fraction of sp³-hybridized carbons (Fsp3) is 0.708. The number of carbonyl (C=O) groups excluding carboxylic acids is 1. The first-order chi connectivity index (χ1) is 13.2. The van der Waals surface area contributed by atoms with Gasteiger partial charge < -0.3 is 15.0 Å². The van der Waals surface area contributed by atoms with Crippen molar-refractivity contribution in [3.8, 4) is 5.75 Å². The Kier molecular flexibility index (Phi) is 4.77. The number of nitrogens with zero attached hydrogens (tertiary/aromatic N) is 1. The number of likely N-dealkylation sites (N-methyl/N-ethyl adjacent to an activating group) is 1. The Balaban J connectivity index is 1.50. The fourth-order valence-electron chi connectivity index (χ4n) is 7.53. The molecule has 4 nitrogen and oxygen atoms in total. The molecular formula is C24H36N2O2. The van der Waals surface area contributed by atoms with Crippen LogP contribution in [0, 0.1) is 22.2 Å². The summed E-state index contributed by atoms with van der Waals surface area (Å²) >= 11 is 0. The summed E-state index contributed by atoms with van der Waals surface area (Å²) in [6, 6.07) is 8.31. The lowest BCUT2D eigenvalue weighted by Crippen LogP contribution is -2.60. The monoisotopic (exact) mass is 384 g/mol. The van der Waals surface area contributed by atoms with Crippen molar-refractivity contribution < 1.29 is 9.53 Å². The highest BCUT2D eigenvalue weighted by Gasteiger charge is 2.62. The summed E-state index contributed by atoms with van der Waals surface area (Å²) in [4.78, 5) is 15.7. The predicted octanol–water partition coefficient (Wildman–Crippen LogP) is 4.41. The molecule has 4 bridgehead atoms. The van der Waals surface area contributed by atoms with Crippen molar-refractivity contribution in [3.63, 3.8) is 0 Å². The Morgan fingerprint density at radius 3 is 2.43 bits per heavy atom. The van der Waals surface area contributed by atoms with Crippen molar-refractivity contribution in [1.29, 1.82) is 0 Å². The largest absolute Gasteiger partial charge is 0.497 e. The molecule has 0 aliphatic heterocycles. The van der Waals surface area contributed by atoms with E-state index in [9.17, 15) is 4.79 Å². The molecule has 28 heavy (non-hydrogen) atoms. The summed E-state index contributed by atoms with van der Waals surface area (Å²) in [6.45, 7) is 5.49. The maximum atomic E-state index is 13.5. The van der Waals surface area contributed by atoms with E-state index in [0.717, 1.165) is 30.9 Å². The second kappa shape index (κ2) is 6.76. The van der Waals surface area contributed by atoms with Crippen LogP contribution >= 0.6 is 0 Å². The van der Waals surface area contributed by atoms with Crippen molar-refractivity contribution in [2.24, 2.45) is 22.2 Å². The third-order valence-electron chi connectivity index (χ3n) is 7.67. The zero-order valence-electron chi connectivity index (χ0n) is 18.2. The maximum Gasteiger partial charge on any atom is 0.226 e. The molecule has 4 saturated carbocycles. The Morgan fingerprint density at radius 2 is 1.86 bits per heavy atom. The summed E-state index contributed by atoms with van der Waals surface area (Å²) in [5.41, 5.74) is 1.75. The summed E-state index contributed by atoms with van der Waals surface area (Å²) in [5, 5.41) is 3.37. The van der Waals surface area contributed by atoms with Gasteiger partial charge in [0, 0.05) is 6.54 Å². The molecule has 4 aliphatic carbocycles. The summed E-state index contributed by atoms with van der Waals surface area (Å²) < 4.78 is 5.39. The minimum absolute atomic E-state index is 0.138. The molecule has 1 aromatic rings. The number of hydrogen-bond donors (Lipinski definition) is 1. The van der Waals surface area contributed by atoms with Crippen LogP contribution in [0.25, 0.3) is 0 Å². The lowest BCUT2D eigenvalue weighted by Gasteiger charge is -2.64. The zero-order chi connectivity index (χ0) is 20.2. The average molecular weight is 385 g/mol. The van der Waals surface area contributed by atoms with Gasteiger partial charge in [0.15, 0.2) is 0 Å². The van der Waals surface area contributed by atoms with Crippen LogP contribution in [-0.4, -0.2) is 38.6 Å². The minimum atomic E-state index is -0.145. The topological polar surface area (TPSA) is 41.6 Å². The van der Waals surface area contributed by atoms with Gasteiger partial charge in [-0.15, -0.1) is 0 Å². The third-order valence-corrected chi connectivity index (χ3v) is 7.67. The van der Waals surface area contributed by atoms with Crippen LogP contribution in [0.5, 0.6) is 5.75 Å². The molecule has 1 amide bonds. The Morgan fingerprint density at radius 1 is 1.18 bits per heavy atom. The van der Waals surface area contributed by atoms with Crippen molar-refractivity contribution in [1.82, 2.24) is 10.2 Å². The van der Waals surface area contributed by atoms with Gasteiger partial charge in [0.25, 0.3) is 0 Å². The molecule has 0 radical (unpaired) electrons. The van der Waals surface area contributed by atoms with E-state index >= 15 is 0 Å². The molecular weight excluding hydrogens is 348 g/mol. The van der Waals surface area contributed by atoms with Crippen molar-refractivity contribution >= 4 is 5.91 Å². The standard InChI is InChI=1S/C24H36N2O2/c1-22-10-17-11-23(2,14-22)16-24(12-17,15-22)21(27)25-13-20(26(3)4)18-7-6-8-19(9-18)28-5/h6-9,17,20H,10-16H2,1-5H3,(H,25,27). The zero-order valence-corrected chi connectivity index (χ0v) is 18.2. The lowest BCUT2D eigenvalue weighted by atomic mass is 9.40. The van der Waals surface area contributed by atoms with Gasteiger partial charge in [0.1, 0.15) is 5.75 Å². The fourth-order valence-corrected chi connectivity index (χ4v) is 7.53. The van der Waals surface area contributed by atoms with Gasteiger partial charge in [-0.2, -0.15) is 0 Å². The highest BCUT2D eigenvalue weighted by atomic mass is 16.5. The van der Waals surface area contributed by atoms with Crippen molar-refractivity contribution in [2.45, 2.75) is 58.4 Å². The van der Waals surface area contributed by atoms with E-state index in [4.69, 9.17) is 4.74 Å². The van der Waals surface area contributed by atoms with Crippen LogP contribution in [0.2, 0.25) is 0 Å². The molecule has 1 N–H and O–H groups in total. The van der Waals surface area contributed by atoms with Gasteiger partial charge in [-0.05, 0) is 87.1 Å². The van der Waals surface area contributed by atoms with E-state index < -0.39 is 0 Å². The Hall–Kier alpha value is -1.55. The first-order valence-corrected chi connectivity index (χ1v) is 10.7. The average Bonchev–Trinajstić information content (AvgIpc) is 2.58. The number of methoxy groups -OCH3 is 1. The molecule has 3 unspecified atom stereocenters. The van der Waals surface area contributed by atoms with Crippen LogP contribution < -0.4 is 10.1 Å². The van der Waals surface area contributed by atoms with Crippen molar-refractivity contribution in [3.05, 3.63) is 29.8 Å². The number of rotatable bonds is 6. The van der Waals surface area contributed by atoms with Gasteiger partial charge in [0.2, 0.25) is 5.91 Å². The summed E-state index contributed by atoms with van der Waals surface area (Å²) in [5.74, 6) is 1.89. The number of benzene rings is 1. The highest BCUT2D eigenvalue weighted by Crippen LogP contribution is 2.69. The summed E-state index contributed by atoms with van der Waals surface area (Å²) in [6.07, 6.45) is 7.18. The van der Waals surface area contributed by atoms with Crippen molar-refractivity contribution in [2.75, 3.05) is 27.7 Å². The lowest BCUT2D eigenvalue weighted by molar-refractivity contribution is -0.170. The minimum Gasteiger partial charge on any atom is -0.497 e. The quantitative estimate of drug-likeness (QED) is 0.790. The molecule has 154 valence electrons. The second-order valence-corrected chi connectivity index (χ2v) is 10.9. The molecule has 0 heterocycles. The van der Waals surface area contributed by atoms with Crippen LogP contribution in [-0.2, 0) is 4.79 Å². The molecule has 3 atom stereocenters. The number of hydrogen-bond acceptors (Lipinski definition) is 3. The van der Waals surface area contributed by atoms with Gasteiger partial charge in [-0.25, -0.2) is 0 Å². The first kappa shape index (κ1) is 19.8. The smallest absolute Gasteiger partial charge is 0.226 e. The van der Waals surface area contributed by atoms with Gasteiger partial charge >= 0.3 is 0 Å². The van der Waals surface area contributed by atoms with E-state index in [-0.39, 0.29) is 11.5 Å². The normalized spacial score (nSPS) is 37.1. The third kappa shape index (κ3) is 3.45. The SMILES string of the molecule is COc1cccc(C(CNC(=O)C23CC4CC(C)(CC(C)(C4)C2)C3)N(C)C)c1. The van der Waals surface area contributed by atoms with Gasteiger partial charge in [-0.1, -0.05) is 26.0 Å². The van der Waals surface area contributed by atoms with Crippen LogP contribution in [0.4, 0.5) is 0 Å². The second-order valence-electron chi connectivity index (χ2n) is 10.9. The maximum absolute atomic E-state index is 13.5. The Bertz CT molecular complexity index is 741. The summed E-state index contributed by atoms with van der Waals surface area (Å²) in [7, 11) is 5.84. The molecule has 0 aromatic heterocycles. The van der Waals surface area contributed by atoms with Crippen LogP contribution in [0.15, 0.2) is 24.3 Å². The molecule has 4 aliphatic rings. The van der Waals surface area contributed by atoms with Gasteiger partial charge in [-0.3, -0.25) is 4.79 Å². The number of nitrogens with one attached hydrogen (secondary N) is 1. The molecule has 0 spiro atoms. The van der Waals surface area contributed by atoms with E-state index in [1.54, 1.807) is 7.11 Å². The molecule has 1 aromatic carbocycles. The van der Waals surface area contributed by atoms with E-state index in [2.05, 4.69) is 50.3 Å². The van der Waals surface area contributed by atoms with E-state index in [0.29, 0.717) is 23.3 Å². The molecule has 0 saturated heterocycles. The predicted molar refractivity (Wildman–Crippen MR) is 112 cm³/mol. The van der Waals surface area contributed by atoms with Crippen LogP contribution in [0.1, 0.15) is 64.0 Å². The number of ether oxygens (including phenoxy) is 1. The Labute approximate surface area is 170 Å². The number of amides is 1. The number of carbonyl (C=O) groups is 1. The molecule has 5 rings (SSSR count). The first-order valence-electron chi connectivity index (χ1n) is 10.7.